The molecule has 0 aromatic carbocycles. The van der Waals surface area contributed by atoms with Gasteiger partial charge in [0.25, 0.3) is 0 Å². The number of halogens is 1. The molecule has 11 heavy (non-hydrogen) atoms. The van der Waals surface area contributed by atoms with Crippen LogP contribution in [0, 0.1) is 6.92 Å². The molecule has 0 atom stereocenters. The van der Waals surface area contributed by atoms with Crippen LogP contribution in [-0.2, 0) is 5.54 Å². The Balaban J connectivity index is 3.13. The van der Waals surface area contributed by atoms with Crippen molar-refractivity contribution in [2.75, 3.05) is 0 Å². The molecule has 0 fully saturated rings. The summed E-state index contributed by atoms with van der Waals surface area (Å²) in [7, 11) is 0. The molecule has 0 saturated heterocycles. The van der Waals surface area contributed by atoms with Crippen molar-refractivity contribution in [3.8, 4) is 0 Å². The number of aromatic nitrogens is 1. The molecule has 0 N–H and O–H groups in total. The summed E-state index contributed by atoms with van der Waals surface area (Å²) in [5.74, 6) is 0. The summed E-state index contributed by atoms with van der Waals surface area (Å²) in [5.41, 5.74) is 1.30. The molecule has 62 valence electrons. The number of nitrogens with zero attached hydrogens (tertiary/aromatic N) is 1. The molecule has 0 bridgehead atoms. The van der Waals surface area contributed by atoms with E-state index in [4.69, 9.17) is 11.6 Å². The van der Waals surface area contributed by atoms with Crippen LogP contribution in [0.1, 0.15) is 26.3 Å². The largest absolute Gasteiger partial charge is 0.333 e. The van der Waals surface area contributed by atoms with Crippen LogP contribution in [-0.4, -0.2) is 4.57 Å². The van der Waals surface area contributed by atoms with Crippen molar-refractivity contribution >= 4 is 11.6 Å². The van der Waals surface area contributed by atoms with E-state index in [1.54, 1.807) is 0 Å². The third-order valence-corrected chi connectivity index (χ3v) is 1.92. The van der Waals surface area contributed by atoms with Crippen molar-refractivity contribution in [1.29, 1.82) is 0 Å². The molecule has 0 spiro atoms. The van der Waals surface area contributed by atoms with E-state index in [1.165, 1.54) is 5.56 Å². The van der Waals surface area contributed by atoms with Crippen LogP contribution in [0.15, 0.2) is 12.3 Å². The Kier molecular flexibility index (Phi) is 2.02. The summed E-state index contributed by atoms with van der Waals surface area (Å²) in [4.78, 5) is 0. The molecule has 0 saturated carbocycles. The highest BCUT2D eigenvalue weighted by Gasteiger charge is 2.14. The van der Waals surface area contributed by atoms with Gasteiger partial charge in [-0.3, -0.25) is 0 Å². The van der Waals surface area contributed by atoms with Crippen molar-refractivity contribution in [1.82, 2.24) is 4.57 Å². The number of aryl methyl sites for hydroxylation is 1. The Morgan fingerprint density at radius 2 is 1.91 bits per heavy atom. The second kappa shape index (κ2) is 2.56. The molecule has 1 aromatic heterocycles. The van der Waals surface area contributed by atoms with Crippen molar-refractivity contribution in [3.05, 3.63) is 23.0 Å². The molecule has 0 radical (unpaired) electrons. The Morgan fingerprint density at radius 3 is 2.09 bits per heavy atom. The van der Waals surface area contributed by atoms with Gasteiger partial charge in [-0.2, -0.15) is 0 Å². The molecule has 0 amide bonds. The van der Waals surface area contributed by atoms with Crippen molar-refractivity contribution in [2.24, 2.45) is 0 Å². The standard InChI is InChI=1S/C9H14ClN/c1-7-5-8(10)11(6-7)9(2,3)4/h5-6H,1-4H3. The maximum atomic E-state index is 5.99. The molecule has 0 unspecified atom stereocenters. The molecule has 1 aromatic rings. The predicted molar refractivity (Wildman–Crippen MR) is 49.2 cm³/mol. The van der Waals surface area contributed by atoms with Crippen molar-refractivity contribution < 1.29 is 0 Å². The summed E-state index contributed by atoms with van der Waals surface area (Å²) < 4.78 is 2.07. The predicted octanol–water partition coefficient (Wildman–Crippen LogP) is 3.20. The van der Waals surface area contributed by atoms with Crippen LogP contribution in [0.25, 0.3) is 0 Å². The Morgan fingerprint density at radius 1 is 1.36 bits per heavy atom. The number of hydrogen-bond acceptors (Lipinski definition) is 0. The van der Waals surface area contributed by atoms with Crippen LogP contribution >= 0.6 is 11.6 Å². The molecule has 1 heterocycles. The van der Waals surface area contributed by atoms with E-state index in [-0.39, 0.29) is 5.54 Å². The van der Waals surface area contributed by atoms with Gasteiger partial charge >= 0.3 is 0 Å². The Labute approximate surface area is 73.0 Å². The second-order valence-electron chi connectivity index (χ2n) is 3.88. The van der Waals surface area contributed by atoms with E-state index in [2.05, 4.69) is 31.5 Å². The summed E-state index contributed by atoms with van der Waals surface area (Å²) in [6.07, 6.45) is 2.07. The summed E-state index contributed by atoms with van der Waals surface area (Å²) >= 11 is 5.99. The normalized spacial score (nSPS) is 12.1. The van der Waals surface area contributed by atoms with Gasteiger partial charge in [0.05, 0.1) is 0 Å². The van der Waals surface area contributed by atoms with Crippen LogP contribution < -0.4 is 0 Å². The third-order valence-electron chi connectivity index (χ3n) is 1.63. The Hall–Kier alpha value is -0.430. The van der Waals surface area contributed by atoms with Crippen LogP contribution in [0.2, 0.25) is 5.15 Å². The molecule has 0 aliphatic rings. The fraction of sp³-hybridized carbons (Fsp3) is 0.556. The lowest BCUT2D eigenvalue weighted by atomic mass is 10.1. The molecule has 0 aliphatic heterocycles. The molecule has 2 heteroatoms. The highest BCUT2D eigenvalue weighted by molar-refractivity contribution is 6.29. The average Bonchev–Trinajstić information content (AvgIpc) is 2.08. The monoisotopic (exact) mass is 171 g/mol. The topological polar surface area (TPSA) is 4.93 Å². The van der Waals surface area contributed by atoms with E-state index in [0.29, 0.717) is 0 Å². The molecule has 1 rings (SSSR count). The van der Waals surface area contributed by atoms with Gasteiger partial charge in [0.15, 0.2) is 0 Å². The minimum Gasteiger partial charge on any atom is -0.333 e. The zero-order valence-corrected chi connectivity index (χ0v) is 8.24. The van der Waals surface area contributed by atoms with Gasteiger partial charge in [-0.05, 0) is 39.3 Å². The molecule has 0 aliphatic carbocycles. The van der Waals surface area contributed by atoms with E-state index < -0.39 is 0 Å². The van der Waals surface area contributed by atoms with Gasteiger partial charge in [0.2, 0.25) is 0 Å². The minimum absolute atomic E-state index is 0.0886. The second-order valence-corrected chi connectivity index (χ2v) is 4.27. The van der Waals surface area contributed by atoms with Gasteiger partial charge < -0.3 is 4.57 Å². The first-order valence-corrected chi connectivity index (χ1v) is 4.14. The smallest absolute Gasteiger partial charge is 0.109 e. The highest BCUT2D eigenvalue weighted by atomic mass is 35.5. The van der Waals surface area contributed by atoms with Crippen molar-refractivity contribution in [2.45, 2.75) is 33.2 Å². The first kappa shape index (κ1) is 8.66. The zero-order chi connectivity index (χ0) is 8.65. The van der Waals surface area contributed by atoms with E-state index in [9.17, 15) is 0 Å². The zero-order valence-electron chi connectivity index (χ0n) is 7.48. The SMILES string of the molecule is Cc1cc(Cl)n(C(C)(C)C)c1. The van der Waals surface area contributed by atoms with Crippen LogP contribution in [0.5, 0.6) is 0 Å². The van der Waals surface area contributed by atoms with Gasteiger partial charge in [-0.25, -0.2) is 0 Å². The fourth-order valence-electron chi connectivity index (χ4n) is 1.07. The average molecular weight is 172 g/mol. The quantitative estimate of drug-likeness (QED) is 0.565. The Bertz CT molecular complexity index is 255. The summed E-state index contributed by atoms with van der Waals surface area (Å²) in [6, 6.07) is 1.98. The van der Waals surface area contributed by atoms with Gasteiger partial charge in [-0.15, -0.1) is 0 Å². The fourth-order valence-corrected chi connectivity index (χ4v) is 1.55. The lowest BCUT2D eigenvalue weighted by Crippen LogP contribution is -2.20. The van der Waals surface area contributed by atoms with Crippen molar-refractivity contribution in [3.63, 3.8) is 0 Å². The van der Waals surface area contributed by atoms with Crippen LogP contribution in [0.4, 0.5) is 0 Å². The minimum atomic E-state index is 0.0886. The van der Waals surface area contributed by atoms with Gasteiger partial charge in [0.1, 0.15) is 5.15 Å². The summed E-state index contributed by atoms with van der Waals surface area (Å²) in [6.45, 7) is 8.46. The summed E-state index contributed by atoms with van der Waals surface area (Å²) in [5, 5.41) is 0.815. The maximum Gasteiger partial charge on any atom is 0.109 e. The lowest BCUT2D eigenvalue weighted by Gasteiger charge is -2.22. The lowest BCUT2D eigenvalue weighted by molar-refractivity contribution is 0.399. The molecular weight excluding hydrogens is 158 g/mol. The molecular formula is C9H14ClN. The third kappa shape index (κ3) is 1.78. The van der Waals surface area contributed by atoms with Gasteiger partial charge in [0, 0.05) is 11.7 Å². The van der Waals surface area contributed by atoms with Crippen LogP contribution in [0.3, 0.4) is 0 Å². The van der Waals surface area contributed by atoms with Gasteiger partial charge in [-0.1, -0.05) is 11.6 Å². The number of rotatable bonds is 0. The maximum absolute atomic E-state index is 5.99. The first-order chi connectivity index (χ1) is 4.91. The van der Waals surface area contributed by atoms with E-state index in [1.807, 2.05) is 13.0 Å². The first-order valence-electron chi connectivity index (χ1n) is 3.76. The highest BCUT2D eigenvalue weighted by Crippen LogP contribution is 2.23. The van der Waals surface area contributed by atoms with E-state index in [0.717, 1.165) is 5.15 Å². The number of hydrogen-bond donors (Lipinski definition) is 0. The molecule has 1 nitrogen and oxygen atoms in total. The van der Waals surface area contributed by atoms with E-state index >= 15 is 0 Å².